The van der Waals surface area contributed by atoms with E-state index in [0.717, 1.165) is 30.6 Å². The van der Waals surface area contributed by atoms with Gasteiger partial charge in [-0.3, -0.25) is 14.5 Å². The Labute approximate surface area is 205 Å². The summed E-state index contributed by atoms with van der Waals surface area (Å²) in [4.78, 5) is 32.2. The summed E-state index contributed by atoms with van der Waals surface area (Å²) in [7, 11) is 0. The molecule has 1 N–H and O–H groups in total. The fraction of sp³-hybridized carbons (Fsp3) is 0.250. The zero-order valence-corrected chi connectivity index (χ0v) is 20.3. The van der Waals surface area contributed by atoms with E-state index in [1.54, 1.807) is 24.0 Å². The van der Waals surface area contributed by atoms with Crippen LogP contribution in [0.2, 0.25) is 0 Å². The number of anilines is 1. The maximum atomic E-state index is 13.5. The highest BCUT2D eigenvalue weighted by molar-refractivity contribution is 8.15. The smallest absolute Gasteiger partial charge is 0.242 e. The molecule has 0 aliphatic carbocycles. The number of hydrogen-bond donors (Lipinski definition) is 1. The van der Waals surface area contributed by atoms with E-state index in [9.17, 15) is 9.59 Å². The van der Waals surface area contributed by atoms with E-state index in [1.165, 1.54) is 17.3 Å². The molecular weight excluding hydrogens is 442 g/mol. The zero-order chi connectivity index (χ0) is 23.9. The van der Waals surface area contributed by atoms with Crippen molar-refractivity contribution < 1.29 is 9.59 Å². The van der Waals surface area contributed by atoms with Gasteiger partial charge < -0.3 is 5.32 Å². The van der Waals surface area contributed by atoms with Crippen LogP contribution in [0.25, 0.3) is 0 Å². The monoisotopic (exact) mass is 471 g/mol. The van der Waals surface area contributed by atoms with Gasteiger partial charge in [0.1, 0.15) is 0 Å². The molecule has 3 aromatic rings. The minimum atomic E-state index is -0.193. The highest BCUT2D eigenvalue weighted by Crippen LogP contribution is 2.36. The molecule has 1 unspecified atom stereocenters. The molecule has 4 rings (SSSR count). The van der Waals surface area contributed by atoms with Crippen LogP contribution in [-0.2, 0) is 17.8 Å². The van der Waals surface area contributed by atoms with Gasteiger partial charge >= 0.3 is 0 Å². The molecule has 0 aromatic heterocycles. The summed E-state index contributed by atoms with van der Waals surface area (Å²) in [5.74, 6) is 0.0674. The van der Waals surface area contributed by atoms with Gasteiger partial charge in [-0.25, -0.2) is 4.99 Å². The van der Waals surface area contributed by atoms with Crippen molar-refractivity contribution in [2.45, 2.75) is 38.5 Å². The molecule has 1 saturated heterocycles. The number of thioether (sulfide) groups is 1. The van der Waals surface area contributed by atoms with E-state index in [-0.39, 0.29) is 16.9 Å². The second-order valence-corrected chi connectivity index (χ2v) is 9.42. The number of ketones is 1. The van der Waals surface area contributed by atoms with E-state index >= 15 is 0 Å². The largest absolute Gasteiger partial charge is 0.384 e. The molecule has 1 fully saturated rings. The van der Waals surface area contributed by atoms with Crippen molar-refractivity contribution in [2.75, 3.05) is 11.9 Å². The average Bonchev–Trinajstić information content (AvgIpc) is 3.14. The Morgan fingerprint density at radius 1 is 1.00 bits per heavy atom. The number of amides is 1. The van der Waals surface area contributed by atoms with Crippen molar-refractivity contribution in [3.63, 3.8) is 0 Å². The predicted molar refractivity (Wildman–Crippen MR) is 141 cm³/mol. The van der Waals surface area contributed by atoms with Crippen LogP contribution in [-0.4, -0.2) is 33.6 Å². The number of nitrogens with zero attached hydrogens (tertiary/aromatic N) is 2. The quantitative estimate of drug-likeness (QED) is 0.384. The number of rotatable bonds is 9. The first-order chi connectivity index (χ1) is 16.5. The Kier molecular flexibility index (Phi) is 7.80. The molecule has 1 atom stereocenters. The molecule has 1 amide bonds. The van der Waals surface area contributed by atoms with Gasteiger partial charge in [0.2, 0.25) is 5.91 Å². The number of carbonyl (C=O) groups excluding carboxylic acids is 2. The number of nitrogens with one attached hydrogen (secondary N) is 1. The number of carbonyl (C=O) groups is 2. The van der Waals surface area contributed by atoms with Gasteiger partial charge in [0.25, 0.3) is 0 Å². The van der Waals surface area contributed by atoms with E-state index in [0.29, 0.717) is 23.0 Å². The maximum absolute atomic E-state index is 13.5. The summed E-state index contributed by atoms with van der Waals surface area (Å²) >= 11 is 1.51. The standard InChI is InChI=1S/C28H29N3O2S/c1-3-29-24-16-15-23(20(2)32)18-25(24)30-28-31(19-22-12-8-5-9-13-22)27(33)26(34-28)17-14-21-10-6-4-7-11-21/h4-13,15-16,18,26,29H,3,14,17,19H2,1-2H3/b30-28+. The van der Waals surface area contributed by atoms with E-state index < -0.39 is 0 Å². The summed E-state index contributed by atoms with van der Waals surface area (Å²) < 4.78 is 0. The summed E-state index contributed by atoms with van der Waals surface area (Å²) in [6.45, 7) is 4.77. The highest BCUT2D eigenvalue weighted by Gasteiger charge is 2.37. The van der Waals surface area contributed by atoms with Gasteiger partial charge in [0, 0.05) is 12.1 Å². The van der Waals surface area contributed by atoms with Crippen molar-refractivity contribution in [2.24, 2.45) is 4.99 Å². The lowest BCUT2D eigenvalue weighted by molar-refractivity contribution is -0.126. The minimum Gasteiger partial charge on any atom is -0.384 e. The number of benzene rings is 3. The van der Waals surface area contributed by atoms with Crippen molar-refractivity contribution in [3.05, 3.63) is 95.6 Å². The first-order valence-corrected chi connectivity index (χ1v) is 12.5. The lowest BCUT2D eigenvalue weighted by atomic mass is 10.1. The molecule has 0 radical (unpaired) electrons. The SMILES string of the molecule is CCNc1ccc(C(C)=O)cc1/N=C1/SC(CCc2ccccc2)C(=O)N1Cc1ccccc1. The Balaban J connectivity index is 1.66. The highest BCUT2D eigenvalue weighted by atomic mass is 32.2. The Morgan fingerprint density at radius 3 is 2.32 bits per heavy atom. The van der Waals surface area contributed by atoms with E-state index in [2.05, 4.69) is 17.4 Å². The Hall–Kier alpha value is -3.38. The van der Waals surface area contributed by atoms with Gasteiger partial charge in [-0.15, -0.1) is 0 Å². The fourth-order valence-electron chi connectivity index (χ4n) is 3.92. The second kappa shape index (κ2) is 11.2. The topological polar surface area (TPSA) is 61.8 Å². The zero-order valence-electron chi connectivity index (χ0n) is 19.5. The minimum absolute atomic E-state index is 0.0125. The molecular formula is C28H29N3O2S. The fourth-order valence-corrected chi connectivity index (χ4v) is 5.07. The normalized spacial score (nSPS) is 16.8. The molecule has 34 heavy (non-hydrogen) atoms. The van der Waals surface area contributed by atoms with E-state index in [4.69, 9.17) is 4.99 Å². The van der Waals surface area contributed by atoms with Crippen LogP contribution in [0.3, 0.4) is 0 Å². The third-order valence-corrected chi connectivity index (χ3v) is 6.97. The van der Waals surface area contributed by atoms with Crippen LogP contribution in [0.4, 0.5) is 11.4 Å². The average molecular weight is 472 g/mol. The van der Waals surface area contributed by atoms with Crippen molar-refractivity contribution >= 4 is 40.0 Å². The van der Waals surface area contributed by atoms with Gasteiger partial charge in [-0.1, -0.05) is 72.4 Å². The molecule has 5 nitrogen and oxygen atoms in total. The van der Waals surface area contributed by atoms with Gasteiger partial charge in [-0.2, -0.15) is 0 Å². The maximum Gasteiger partial charge on any atom is 0.242 e. The molecule has 0 spiro atoms. The third-order valence-electron chi connectivity index (χ3n) is 5.73. The first-order valence-electron chi connectivity index (χ1n) is 11.6. The van der Waals surface area contributed by atoms with Crippen LogP contribution < -0.4 is 5.32 Å². The molecule has 0 bridgehead atoms. The third kappa shape index (κ3) is 5.75. The number of aryl methyl sites for hydroxylation is 1. The number of Topliss-reactive ketones (excluding diaryl/α,β-unsaturated/α-hetero) is 1. The molecule has 1 aliphatic heterocycles. The van der Waals surface area contributed by atoms with E-state index in [1.807, 2.05) is 61.5 Å². The van der Waals surface area contributed by atoms with Gasteiger partial charge in [0.15, 0.2) is 11.0 Å². The summed E-state index contributed by atoms with van der Waals surface area (Å²) in [6, 6.07) is 25.7. The molecule has 1 aliphatic rings. The van der Waals surface area contributed by atoms with Crippen LogP contribution in [0.5, 0.6) is 0 Å². The van der Waals surface area contributed by atoms with Crippen LogP contribution >= 0.6 is 11.8 Å². The molecule has 3 aromatic carbocycles. The second-order valence-electron chi connectivity index (χ2n) is 8.25. The number of aliphatic imine (C=N–C) groups is 1. The molecule has 6 heteroatoms. The predicted octanol–water partition coefficient (Wildman–Crippen LogP) is 6.09. The lowest BCUT2D eigenvalue weighted by Crippen LogP contribution is -2.31. The lowest BCUT2D eigenvalue weighted by Gasteiger charge is -2.17. The Bertz CT molecular complexity index is 1180. The number of hydrogen-bond acceptors (Lipinski definition) is 5. The van der Waals surface area contributed by atoms with Crippen molar-refractivity contribution in [3.8, 4) is 0 Å². The van der Waals surface area contributed by atoms with Crippen molar-refractivity contribution in [1.29, 1.82) is 0 Å². The summed E-state index contributed by atoms with van der Waals surface area (Å²) in [5, 5.41) is 3.80. The summed E-state index contributed by atoms with van der Waals surface area (Å²) in [6.07, 6.45) is 1.57. The molecule has 174 valence electrons. The van der Waals surface area contributed by atoms with Crippen LogP contribution in [0.15, 0.2) is 83.9 Å². The van der Waals surface area contributed by atoms with Crippen molar-refractivity contribution in [1.82, 2.24) is 4.90 Å². The first kappa shape index (κ1) is 23.8. The summed E-state index contributed by atoms with van der Waals surface area (Å²) in [5.41, 5.74) is 4.40. The van der Waals surface area contributed by atoms with Crippen LogP contribution in [0.1, 0.15) is 41.8 Å². The number of amidine groups is 1. The van der Waals surface area contributed by atoms with Crippen LogP contribution in [0, 0.1) is 0 Å². The van der Waals surface area contributed by atoms with Gasteiger partial charge in [-0.05, 0) is 56.0 Å². The molecule has 0 saturated carbocycles. The van der Waals surface area contributed by atoms with Gasteiger partial charge in [0.05, 0.1) is 23.2 Å². The molecule has 1 heterocycles. The Morgan fingerprint density at radius 2 is 1.68 bits per heavy atom.